The molecule has 3 heterocycles. The number of hydroxylamine groups is 1. The van der Waals surface area contributed by atoms with Crippen molar-refractivity contribution >= 4 is 34.7 Å². The number of rotatable bonds is 7. The normalized spacial score (nSPS) is 25.1. The second-order valence-electron chi connectivity index (χ2n) is 12.7. The Morgan fingerprint density at radius 1 is 1.13 bits per heavy atom. The van der Waals surface area contributed by atoms with E-state index in [0.29, 0.717) is 6.42 Å². The Morgan fingerprint density at radius 3 is 2.51 bits per heavy atom. The van der Waals surface area contributed by atoms with Crippen LogP contribution in [0.15, 0.2) is 17.3 Å². The van der Waals surface area contributed by atoms with Crippen LogP contribution < -0.4 is 10.8 Å². The van der Waals surface area contributed by atoms with Crippen LogP contribution in [0.4, 0.5) is 26.7 Å². The number of methoxy groups -OCH3 is 1. The molecule has 256 valence electrons. The van der Waals surface area contributed by atoms with Crippen LogP contribution in [0.1, 0.15) is 75.3 Å². The number of aromatic nitrogens is 2. The summed E-state index contributed by atoms with van der Waals surface area (Å²) in [6.07, 6.45) is -2.03. The zero-order valence-electron chi connectivity index (χ0n) is 25.8. The number of carbonyl (C=O) groups is 3. The van der Waals surface area contributed by atoms with Gasteiger partial charge in [-0.05, 0) is 31.2 Å². The number of nitrogens with zero attached hydrogens (tertiary/aromatic N) is 4. The van der Waals surface area contributed by atoms with Gasteiger partial charge in [0.15, 0.2) is 11.5 Å². The number of halogens is 5. The summed E-state index contributed by atoms with van der Waals surface area (Å²) >= 11 is 0. The van der Waals surface area contributed by atoms with Crippen LogP contribution in [-0.4, -0.2) is 88.0 Å². The molecule has 12 nitrogen and oxygen atoms in total. The lowest BCUT2D eigenvalue weighted by atomic mass is 9.80. The highest BCUT2D eigenvalue weighted by atomic mass is 19.3. The zero-order chi connectivity index (χ0) is 33.7. The lowest BCUT2D eigenvalue weighted by molar-refractivity contribution is -0.164. The lowest BCUT2D eigenvalue weighted by Crippen LogP contribution is -2.56. The van der Waals surface area contributed by atoms with Crippen LogP contribution in [0.25, 0.3) is 11.0 Å². The first-order valence-corrected chi connectivity index (χ1v) is 15.7. The first-order chi connectivity index (χ1) is 22.3. The highest BCUT2D eigenvalue weighted by Gasteiger charge is 2.51. The molecule has 6 rings (SSSR count). The summed E-state index contributed by atoms with van der Waals surface area (Å²) in [7, 11) is 1.19. The number of imidazole rings is 1. The maximum absolute atomic E-state index is 16.4. The van der Waals surface area contributed by atoms with Gasteiger partial charge in [0.2, 0.25) is 17.8 Å². The number of oxime groups is 1. The maximum Gasteiger partial charge on any atom is 0.409 e. The van der Waals surface area contributed by atoms with Crippen molar-refractivity contribution in [1.29, 1.82) is 0 Å². The van der Waals surface area contributed by atoms with Gasteiger partial charge in [0.25, 0.3) is 5.91 Å². The molecule has 4 aliphatic rings. The molecule has 3 atom stereocenters. The van der Waals surface area contributed by atoms with E-state index >= 15 is 4.39 Å². The molecule has 3 amide bonds. The largest absolute Gasteiger partial charge is 0.453 e. The number of benzene rings is 1. The number of amides is 3. The Labute approximate surface area is 266 Å². The number of H-pyrrole nitrogens is 1. The Hall–Kier alpha value is -4.02. The number of ether oxygens (including phenoxy) is 1. The van der Waals surface area contributed by atoms with Crippen LogP contribution in [0.2, 0.25) is 0 Å². The first-order valence-electron chi connectivity index (χ1n) is 15.7. The average Bonchev–Trinajstić information content (AvgIpc) is 3.70. The molecule has 3 unspecified atom stereocenters. The number of hydrogen-bond acceptors (Lipinski definition) is 8. The topological polar surface area (TPSA) is 141 Å². The number of nitrogens with one attached hydrogen (secondary N) is 3. The molecule has 3 fully saturated rings. The van der Waals surface area contributed by atoms with Crippen LogP contribution in [0.5, 0.6) is 0 Å². The third-order valence-electron chi connectivity index (χ3n) is 9.66. The summed E-state index contributed by atoms with van der Waals surface area (Å²) in [4.78, 5) is 54.1. The molecule has 1 saturated heterocycles. The second kappa shape index (κ2) is 12.5. The Kier molecular flexibility index (Phi) is 8.78. The second-order valence-corrected chi connectivity index (χ2v) is 12.7. The summed E-state index contributed by atoms with van der Waals surface area (Å²) in [6, 6.07) is 0.541. The predicted octanol–water partition coefficient (Wildman–Crippen LogP) is 4.35. The van der Waals surface area contributed by atoms with E-state index in [4.69, 9.17) is 9.68 Å². The zero-order valence-corrected chi connectivity index (χ0v) is 25.8. The van der Waals surface area contributed by atoms with Gasteiger partial charge in [0, 0.05) is 56.8 Å². The number of alkyl halides is 4. The molecule has 2 saturated carbocycles. The fraction of sp³-hybridized carbons (Fsp3) is 0.633. The van der Waals surface area contributed by atoms with E-state index < -0.39 is 78.4 Å². The number of fused-ring (bicyclic) bond motifs is 1. The fourth-order valence-electron chi connectivity index (χ4n) is 6.91. The first kappa shape index (κ1) is 32.9. The van der Waals surface area contributed by atoms with Gasteiger partial charge in [-0.1, -0.05) is 18.1 Å². The molecular weight excluding hydrogens is 633 g/mol. The van der Waals surface area contributed by atoms with Gasteiger partial charge in [-0.2, -0.15) is 0 Å². The summed E-state index contributed by atoms with van der Waals surface area (Å²) in [5, 5.41) is 6.62. The number of aromatic amines is 1. The molecule has 0 radical (unpaired) electrons. The van der Waals surface area contributed by atoms with Crippen molar-refractivity contribution in [2.45, 2.75) is 81.8 Å². The highest BCUT2D eigenvalue weighted by Crippen LogP contribution is 2.45. The van der Waals surface area contributed by atoms with E-state index in [-0.39, 0.29) is 73.5 Å². The van der Waals surface area contributed by atoms with Crippen LogP contribution in [0.3, 0.4) is 0 Å². The highest BCUT2D eigenvalue weighted by molar-refractivity contribution is 6.41. The van der Waals surface area contributed by atoms with Gasteiger partial charge in [0.1, 0.15) is 11.3 Å². The third-order valence-corrected chi connectivity index (χ3v) is 9.66. The molecule has 17 heteroatoms. The van der Waals surface area contributed by atoms with E-state index in [0.717, 1.165) is 0 Å². The predicted molar refractivity (Wildman–Crippen MR) is 156 cm³/mol. The molecule has 2 aliphatic heterocycles. The van der Waals surface area contributed by atoms with Crippen molar-refractivity contribution < 1.29 is 46.0 Å². The molecule has 1 aromatic carbocycles. The molecule has 2 aliphatic carbocycles. The van der Waals surface area contributed by atoms with Crippen molar-refractivity contribution in [2.75, 3.05) is 26.7 Å². The molecule has 0 bridgehead atoms. The summed E-state index contributed by atoms with van der Waals surface area (Å²) in [6.45, 7) is 1.72. The lowest BCUT2D eigenvalue weighted by Gasteiger charge is -2.44. The SMILES string of the molecule is CCC1NON=C1C(=O)NC(c1nc2c(F)c(C3CN(C(=O)OC)CCN3C(=O)C3CC(F)(F)C3)ccc2[nH]1)C1CCC(F)(F)CC1. The quantitative estimate of drug-likeness (QED) is 0.373. The average molecular weight is 670 g/mol. The van der Waals surface area contributed by atoms with Crippen LogP contribution in [-0.2, 0) is 19.3 Å². The van der Waals surface area contributed by atoms with Gasteiger partial charge >= 0.3 is 6.09 Å². The third kappa shape index (κ3) is 6.45. The van der Waals surface area contributed by atoms with E-state index in [2.05, 4.69) is 25.9 Å². The molecule has 47 heavy (non-hydrogen) atoms. The Morgan fingerprint density at radius 2 is 1.85 bits per heavy atom. The monoisotopic (exact) mass is 669 g/mol. The van der Waals surface area contributed by atoms with Crippen molar-refractivity contribution in [1.82, 2.24) is 30.6 Å². The molecule has 2 aromatic rings. The smallest absolute Gasteiger partial charge is 0.409 e. The summed E-state index contributed by atoms with van der Waals surface area (Å²) in [5.74, 6) is -8.98. The maximum atomic E-state index is 16.4. The summed E-state index contributed by atoms with van der Waals surface area (Å²) in [5.41, 5.74) is 2.81. The molecule has 0 spiro atoms. The Bertz CT molecular complexity index is 1570. The van der Waals surface area contributed by atoms with Crippen molar-refractivity contribution in [3.05, 3.63) is 29.3 Å². The van der Waals surface area contributed by atoms with Crippen molar-refractivity contribution in [3.8, 4) is 0 Å². The van der Waals surface area contributed by atoms with E-state index in [1.807, 2.05) is 6.92 Å². The van der Waals surface area contributed by atoms with Crippen LogP contribution >= 0.6 is 0 Å². The minimum absolute atomic E-state index is 0.0100. The van der Waals surface area contributed by atoms with E-state index in [1.54, 1.807) is 0 Å². The number of hydrogen-bond donors (Lipinski definition) is 3. The minimum atomic E-state index is -2.94. The number of piperazine rings is 1. The van der Waals surface area contributed by atoms with Gasteiger partial charge in [-0.15, -0.1) is 5.48 Å². The van der Waals surface area contributed by atoms with Crippen LogP contribution in [0, 0.1) is 17.7 Å². The minimum Gasteiger partial charge on any atom is -0.453 e. The molecule has 3 N–H and O–H groups in total. The Balaban J connectivity index is 1.33. The van der Waals surface area contributed by atoms with E-state index in [9.17, 15) is 31.9 Å². The number of carbonyl (C=O) groups excluding carboxylic acids is 3. The van der Waals surface area contributed by atoms with Gasteiger partial charge in [-0.3, -0.25) is 14.5 Å². The van der Waals surface area contributed by atoms with Crippen molar-refractivity contribution in [2.24, 2.45) is 17.0 Å². The van der Waals surface area contributed by atoms with Gasteiger partial charge in [-0.25, -0.2) is 31.7 Å². The fourth-order valence-corrected chi connectivity index (χ4v) is 6.91. The molecule has 1 aromatic heterocycles. The van der Waals surface area contributed by atoms with Gasteiger partial charge < -0.3 is 24.8 Å². The van der Waals surface area contributed by atoms with Crippen molar-refractivity contribution in [3.63, 3.8) is 0 Å². The standard InChI is InChI=1S/C30H36F5N7O5/c1-3-18-24(40-47-39-18)26(43)38-22(15-6-8-29(32,33)9-7-15)25-36-19-5-4-17(21(31)23(19)37-25)20-14-41(28(45)46-2)10-11-42(20)27(44)16-12-30(34,35)13-16/h4-5,15-16,18,20,22,39H,3,6-14H2,1-2H3,(H,36,37)(H,38,43). The van der Waals surface area contributed by atoms with E-state index in [1.165, 1.54) is 29.0 Å². The van der Waals surface area contributed by atoms with Gasteiger partial charge in [0.05, 0.1) is 30.8 Å². The summed E-state index contributed by atoms with van der Waals surface area (Å²) < 4.78 is 76.7. The molecular formula is C30H36F5N7O5.